The van der Waals surface area contributed by atoms with Gasteiger partial charge < -0.3 is 9.47 Å². The number of ether oxygens (including phenoxy) is 2. The van der Waals surface area contributed by atoms with Crippen molar-refractivity contribution in [3.05, 3.63) is 54.6 Å². The van der Waals surface area contributed by atoms with Crippen LogP contribution < -0.4 is 5.30 Å². The van der Waals surface area contributed by atoms with Crippen molar-refractivity contribution in [2.45, 2.75) is 63.6 Å². The van der Waals surface area contributed by atoms with E-state index in [0.29, 0.717) is 6.61 Å². The largest absolute Gasteiger partial charge is 0.353 e. The van der Waals surface area contributed by atoms with Crippen LogP contribution >= 0.6 is 7.92 Å². The summed E-state index contributed by atoms with van der Waals surface area (Å²) >= 11 is 0. The van der Waals surface area contributed by atoms with Gasteiger partial charge in [0.1, 0.15) is 0 Å². The average Bonchev–Trinajstić information content (AvgIpc) is 2.61. The third-order valence-electron chi connectivity index (χ3n) is 5.62. The average molecular weight is 385 g/mol. The van der Waals surface area contributed by atoms with Gasteiger partial charge in [-0.15, -0.1) is 0 Å². The second-order valence-corrected chi connectivity index (χ2v) is 12.3. The minimum atomic E-state index is -0.484. The Morgan fingerprint density at radius 2 is 1.41 bits per heavy atom. The zero-order valence-electron chi connectivity index (χ0n) is 17.6. The second-order valence-electron chi connectivity index (χ2n) is 8.74. The van der Waals surface area contributed by atoms with E-state index in [0.717, 1.165) is 12.8 Å². The molecule has 2 aromatic rings. The van der Waals surface area contributed by atoms with Crippen LogP contribution in [0.4, 0.5) is 0 Å². The summed E-state index contributed by atoms with van der Waals surface area (Å²) in [5.74, 6) is -0.484. The maximum Gasteiger partial charge on any atom is 0.169 e. The van der Waals surface area contributed by atoms with Crippen molar-refractivity contribution in [3.63, 3.8) is 0 Å². The first-order valence-electron chi connectivity index (χ1n) is 9.89. The third-order valence-corrected chi connectivity index (χ3v) is 9.23. The molecule has 0 aliphatic carbocycles. The summed E-state index contributed by atoms with van der Waals surface area (Å²) in [5.41, 5.74) is 2.67. The van der Waals surface area contributed by atoms with Crippen LogP contribution in [0, 0.1) is 0 Å². The third kappa shape index (κ3) is 3.99. The summed E-state index contributed by atoms with van der Waals surface area (Å²) in [4.78, 5) is 0. The molecule has 0 saturated carbocycles. The quantitative estimate of drug-likeness (QED) is 0.452. The molecule has 0 amide bonds. The van der Waals surface area contributed by atoms with Gasteiger partial charge in [0.15, 0.2) is 5.79 Å². The molecule has 1 fully saturated rings. The number of benzene rings is 2. The van der Waals surface area contributed by atoms with Gasteiger partial charge in [-0.3, -0.25) is 0 Å². The summed E-state index contributed by atoms with van der Waals surface area (Å²) in [5, 5.41) is 1.70. The molecule has 0 N–H and O–H groups in total. The van der Waals surface area contributed by atoms with Crippen molar-refractivity contribution in [3.8, 4) is 11.1 Å². The Bertz CT molecular complexity index is 749. The van der Waals surface area contributed by atoms with E-state index in [9.17, 15) is 0 Å². The minimum absolute atomic E-state index is 0.104. The Morgan fingerprint density at radius 1 is 0.852 bits per heavy atom. The molecule has 1 saturated heterocycles. The Morgan fingerprint density at radius 3 is 1.96 bits per heavy atom. The van der Waals surface area contributed by atoms with E-state index in [1.165, 1.54) is 16.4 Å². The molecule has 3 heteroatoms. The van der Waals surface area contributed by atoms with Crippen LogP contribution in [0.15, 0.2) is 54.6 Å². The number of methoxy groups -OCH3 is 1. The summed E-state index contributed by atoms with van der Waals surface area (Å²) in [6.45, 7) is 12.3. The topological polar surface area (TPSA) is 18.5 Å². The molecule has 2 aromatic carbocycles. The lowest BCUT2D eigenvalue weighted by Crippen LogP contribution is -2.54. The van der Waals surface area contributed by atoms with Crippen molar-refractivity contribution in [1.82, 2.24) is 0 Å². The lowest BCUT2D eigenvalue weighted by molar-refractivity contribution is -0.237. The molecule has 0 bridgehead atoms. The van der Waals surface area contributed by atoms with E-state index in [4.69, 9.17) is 9.47 Å². The lowest BCUT2D eigenvalue weighted by Gasteiger charge is -2.56. The molecular formula is C24H33O2P. The van der Waals surface area contributed by atoms with E-state index < -0.39 is 13.7 Å². The van der Waals surface area contributed by atoms with E-state index in [1.54, 1.807) is 7.11 Å². The van der Waals surface area contributed by atoms with Crippen molar-refractivity contribution in [2.24, 2.45) is 0 Å². The predicted octanol–water partition coefficient (Wildman–Crippen LogP) is 6.19. The molecule has 0 radical (unpaired) electrons. The Hall–Kier alpha value is -1.21. The van der Waals surface area contributed by atoms with E-state index >= 15 is 0 Å². The van der Waals surface area contributed by atoms with Crippen LogP contribution in [0.2, 0.25) is 0 Å². The van der Waals surface area contributed by atoms with Gasteiger partial charge >= 0.3 is 0 Å². The van der Waals surface area contributed by atoms with Gasteiger partial charge in [0.05, 0.1) is 0 Å². The Balaban J connectivity index is 2.10. The van der Waals surface area contributed by atoms with Crippen LogP contribution in [0.25, 0.3) is 11.1 Å². The predicted molar refractivity (Wildman–Crippen MR) is 117 cm³/mol. The maximum absolute atomic E-state index is 6.18. The van der Waals surface area contributed by atoms with Crippen LogP contribution in [0.5, 0.6) is 0 Å². The molecule has 1 heterocycles. The smallest absolute Gasteiger partial charge is 0.169 e. The summed E-state index contributed by atoms with van der Waals surface area (Å²) < 4.78 is 12.2. The normalized spacial score (nSPS) is 26.7. The molecule has 0 atom stereocenters. The molecule has 0 spiro atoms. The number of rotatable bonds is 5. The highest BCUT2D eigenvalue weighted by Gasteiger charge is 2.55. The van der Waals surface area contributed by atoms with Gasteiger partial charge in [-0.1, -0.05) is 90.2 Å². The summed E-state index contributed by atoms with van der Waals surface area (Å²) in [7, 11) is 1.37. The minimum Gasteiger partial charge on any atom is -0.353 e. The second kappa shape index (κ2) is 7.66. The standard InChI is InChI=1S/C24H33O2P/c1-7-26-24(25-6)17-22(2,3)27(23(4,5)18-24)21-16-12-11-15-20(21)19-13-9-8-10-14-19/h8-16H,7,17-18H2,1-6H3. The molecule has 0 unspecified atom stereocenters. The molecule has 1 aliphatic rings. The fourth-order valence-corrected chi connectivity index (χ4v) is 9.53. The molecule has 27 heavy (non-hydrogen) atoms. The van der Waals surface area contributed by atoms with Crippen molar-refractivity contribution in [1.29, 1.82) is 0 Å². The highest BCUT2D eigenvalue weighted by molar-refractivity contribution is 7.69. The molecular weight excluding hydrogens is 351 g/mol. The Labute approximate surface area is 166 Å². The first-order chi connectivity index (χ1) is 12.7. The van der Waals surface area contributed by atoms with Crippen LogP contribution in [-0.2, 0) is 9.47 Å². The van der Waals surface area contributed by atoms with Gasteiger partial charge in [-0.05, 0) is 33.7 Å². The first-order valence-corrected chi connectivity index (χ1v) is 11.2. The summed E-state index contributed by atoms with van der Waals surface area (Å²) in [6.07, 6.45) is 1.84. The van der Waals surface area contributed by atoms with Gasteiger partial charge in [0.2, 0.25) is 0 Å². The molecule has 1 aliphatic heterocycles. The maximum atomic E-state index is 6.18. The van der Waals surface area contributed by atoms with Gasteiger partial charge in [0.25, 0.3) is 0 Å². The SMILES string of the molecule is CCOC1(OC)CC(C)(C)P(c2ccccc2-c2ccccc2)C(C)(C)C1. The number of hydrogen-bond acceptors (Lipinski definition) is 2. The fourth-order valence-electron chi connectivity index (χ4n) is 5.11. The molecule has 3 rings (SSSR count). The highest BCUT2D eigenvalue weighted by Crippen LogP contribution is 2.68. The zero-order chi connectivity index (χ0) is 19.7. The zero-order valence-corrected chi connectivity index (χ0v) is 18.5. The van der Waals surface area contributed by atoms with Crippen molar-refractivity contribution in [2.75, 3.05) is 13.7 Å². The van der Waals surface area contributed by atoms with Crippen LogP contribution in [-0.4, -0.2) is 29.8 Å². The van der Waals surface area contributed by atoms with Crippen LogP contribution in [0.3, 0.4) is 0 Å². The molecule has 146 valence electrons. The van der Waals surface area contributed by atoms with Gasteiger partial charge in [0, 0.05) is 26.6 Å². The lowest BCUT2D eigenvalue weighted by atomic mass is 9.91. The van der Waals surface area contributed by atoms with E-state index in [1.807, 2.05) is 0 Å². The van der Waals surface area contributed by atoms with Crippen molar-refractivity contribution < 1.29 is 9.47 Å². The van der Waals surface area contributed by atoms with Crippen LogP contribution in [0.1, 0.15) is 47.5 Å². The molecule has 2 nitrogen and oxygen atoms in total. The summed E-state index contributed by atoms with van der Waals surface area (Å²) in [6, 6.07) is 19.7. The molecule has 0 aromatic heterocycles. The van der Waals surface area contributed by atoms with E-state index in [2.05, 4.69) is 89.2 Å². The number of hydrogen-bond donors (Lipinski definition) is 0. The monoisotopic (exact) mass is 384 g/mol. The first kappa shape index (κ1) is 20.5. The fraction of sp³-hybridized carbons (Fsp3) is 0.500. The van der Waals surface area contributed by atoms with Gasteiger partial charge in [-0.25, -0.2) is 0 Å². The highest BCUT2D eigenvalue weighted by atomic mass is 31.1. The van der Waals surface area contributed by atoms with E-state index in [-0.39, 0.29) is 10.3 Å². The van der Waals surface area contributed by atoms with Crippen molar-refractivity contribution >= 4 is 13.2 Å². The van der Waals surface area contributed by atoms with Gasteiger partial charge in [-0.2, -0.15) is 0 Å². The Kier molecular flexibility index (Phi) is 5.82.